The number of halogens is 1. The molecular weight excluding hydrogens is 299 g/mol. The summed E-state index contributed by atoms with van der Waals surface area (Å²) >= 11 is 0. The van der Waals surface area contributed by atoms with Crippen molar-refractivity contribution in [1.29, 1.82) is 0 Å². The number of hydrogen-bond donors (Lipinski definition) is 2. The zero-order chi connectivity index (χ0) is 16.8. The van der Waals surface area contributed by atoms with Gasteiger partial charge in [0, 0.05) is 30.5 Å². The Hall–Kier alpha value is -2.57. The van der Waals surface area contributed by atoms with E-state index in [1.54, 1.807) is 25.5 Å². The summed E-state index contributed by atoms with van der Waals surface area (Å²) in [6.07, 6.45) is 5.21. The molecule has 0 spiro atoms. The molecule has 0 fully saturated rings. The van der Waals surface area contributed by atoms with Crippen LogP contribution in [0.1, 0.15) is 25.5 Å². The van der Waals surface area contributed by atoms with Crippen LogP contribution >= 0.6 is 0 Å². The van der Waals surface area contributed by atoms with Crippen LogP contribution in [0.3, 0.4) is 0 Å². The van der Waals surface area contributed by atoms with E-state index >= 15 is 0 Å². The second kappa shape index (κ2) is 7.62. The van der Waals surface area contributed by atoms with Gasteiger partial charge in [0.2, 0.25) is 0 Å². The number of hydrogen-bond acceptors (Lipinski definition) is 3. The van der Waals surface area contributed by atoms with Gasteiger partial charge in [0.1, 0.15) is 11.6 Å². The van der Waals surface area contributed by atoms with Crippen LogP contribution in [-0.4, -0.2) is 28.7 Å². The Balaban J connectivity index is 1.93. The van der Waals surface area contributed by atoms with Crippen molar-refractivity contribution in [2.45, 2.75) is 32.5 Å². The third kappa shape index (κ3) is 4.70. The molecule has 0 bridgehead atoms. The van der Waals surface area contributed by atoms with Crippen molar-refractivity contribution in [2.24, 2.45) is 0 Å². The molecule has 2 aromatic rings. The summed E-state index contributed by atoms with van der Waals surface area (Å²) in [4.78, 5) is 16.0. The van der Waals surface area contributed by atoms with E-state index in [1.807, 2.05) is 17.7 Å². The molecule has 2 N–H and O–H groups in total. The minimum atomic E-state index is -0.388. The van der Waals surface area contributed by atoms with Gasteiger partial charge in [-0.25, -0.2) is 14.2 Å². The molecule has 124 valence electrons. The summed E-state index contributed by atoms with van der Waals surface area (Å²) in [5.74, 6) is 0.161. The van der Waals surface area contributed by atoms with Crippen LogP contribution in [-0.2, 0) is 6.54 Å². The number of carbonyl (C=O) groups excluding carboxylic acids is 1. The maximum Gasteiger partial charge on any atom is 0.315 e. The molecule has 7 heteroatoms. The van der Waals surface area contributed by atoms with E-state index in [2.05, 4.69) is 15.6 Å². The van der Waals surface area contributed by atoms with Crippen molar-refractivity contribution in [2.75, 3.05) is 7.11 Å². The van der Waals surface area contributed by atoms with Crippen molar-refractivity contribution in [1.82, 2.24) is 20.2 Å². The molecule has 0 radical (unpaired) electrons. The van der Waals surface area contributed by atoms with Crippen LogP contribution in [0.5, 0.6) is 5.75 Å². The zero-order valence-corrected chi connectivity index (χ0v) is 13.4. The normalized spacial score (nSPS) is 13.2. The molecule has 0 aliphatic heterocycles. The molecule has 6 nitrogen and oxygen atoms in total. The first kappa shape index (κ1) is 16.8. The molecular formula is C16H21FN4O2. The average Bonchev–Trinajstić information content (AvgIpc) is 2.99. The van der Waals surface area contributed by atoms with Gasteiger partial charge in [-0.05, 0) is 32.0 Å². The SMILES string of the molecule is COc1ccc(F)cc1[C@H](C)NC(=O)N[C@H](C)Cn1ccnc1. The number of rotatable bonds is 6. The largest absolute Gasteiger partial charge is 0.496 e. The predicted octanol–water partition coefficient (Wildman–Crippen LogP) is 2.48. The van der Waals surface area contributed by atoms with Crippen LogP contribution in [0, 0.1) is 5.82 Å². The Kier molecular flexibility index (Phi) is 5.56. The zero-order valence-electron chi connectivity index (χ0n) is 13.4. The van der Waals surface area contributed by atoms with E-state index in [9.17, 15) is 9.18 Å². The van der Waals surface area contributed by atoms with Gasteiger partial charge in [-0.15, -0.1) is 0 Å². The molecule has 1 aromatic carbocycles. The lowest BCUT2D eigenvalue weighted by Crippen LogP contribution is -2.43. The second-order valence-corrected chi connectivity index (χ2v) is 5.39. The highest BCUT2D eigenvalue weighted by molar-refractivity contribution is 5.74. The summed E-state index contributed by atoms with van der Waals surface area (Å²) in [6, 6.07) is 3.44. The van der Waals surface area contributed by atoms with Gasteiger partial charge in [0.15, 0.2) is 0 Å². The van der Waals surface area contributed by atoms with Gasteiger partial charge in [-0.2, -0.15) is 0 Å². The fraction of sp³-hybridized carbons (Fsp3) is 0.375. The van der Waals surface area contributed by atoms with Crippen LogP contribution in [0.2, 0.25) is 0 Å². The molecule has 2 rings (SSSR count). The first-order chi connectivity index (χ1) is 11.0. The van der Waals surface area contributed by atoms with Gasteiger partial charge in [-0.3, -0.25) is 0 Å². The van der Waals surface area contributed by atoms with E-state index in [-0.39, 0.29) is 23.9 Å². The third-order valence-corrected chi connectivity index (χ3v) is 3.43. The fourth-order valence-corrected chi connectivity index (χ4v) is 2.34. The Morgan fingerprint density at radius 1 is 1.39 bits per heavy atom. The van der Waals surface area contributed by atoms with E-state index < -0.39 is 0 Å². The van der Waals surface area contributed by atoms with E-state index in [1.165, 1.54) is 19.2 Å². The highest BCUT2D eigenvalue weighted by atomic mass is 19.1. The molecule has 1 aromatic heterocycles. The third-order valence-electron chi connectivity index (χ3n) is 3.43. The monoisotopic (exact) mass is 320 g/mol. The van der Waals surface area contributed by atoms with Crippen molar-refractivity contribution in [3.8, 4) is 5.75 Å². The lowest BCUT2D eigenvalue weighted by Gasteiger charge is -2.20. The van der Waals surface area contributed by atoms with Crippen molar-refractivity contribution in [3.63, 3.8) is 0 Å². The van der Waals surface area contributed by atoms with Gasteiger partial charge in [0.05, 0.1) is 19.5 Å². The summed E-state index contributed by atoms with van der Waals surface area (Å²) in [6.45, 7) is 4.29. The highest BCUT2D eigenvalue weighted by Crippen LogP contribution is 2.25. The van der Waals surface area contributed by atoms with Crippen molar-refractivity contribution >= 4 is 6.03 Å². The lowest BCUT2D eigenvalue weighted by molar-refractivity contribution is 0.233. The van der Waals surface area contributed by atoms with E-state index in [0.29, 0.717) is 17.9 Å². The first-order valence-corrected chi connectivity index (χ1v) is 7.35. The maximum absolute atomic E-state index is 13.4. The Labute approximate surface area is 134 Å². The lowest BCUT2D eigenvalue weighted by atomic mass is 10.1. The molecule has 0 saturated carbocycles. The summed E-state index contributed by atoms with van der Waals surface area (Å²) in [5.41, 5.74) is 0.588. The van der Waals surface area contributed by atoms with E-state index in [0.717, 1.165) is 0 Å². The topological polar surface area (TPSA) is 68.2 Å². The summed E-state index contributed by atoms with van der Waals surface area (Å²) in [5, 5.41) is 5.62. The summed E-state index contributed by atoms with van der Waals surface area (Å²) in [7, 11) is 1.51. The minimum Gasteiger partial charge on any atom is -0.496 e. The number of methoxy groups -OCH3 is 1. The standard InChI is InChI=1S/C16H21FN4O2/c1-11(9-21-7-6-18-10-21)19-16(22)20-12(2)14-8-13(17)4-5-15(14)23-3/h4-8,10-12H,9H2,1-3H3,(H2,19,20,22)/t11-,12+/m1/s1. The van der Waals surface area contributed by atoms with E-state index in [4.69, 9.17) is 4.74 Å². The number of carbonyl (C=O) groups is 1. The molecule has 0 unspecified atom stereocenters. The van der Waals surface area contributed by atoms with Crippen molar-refractivity contribution in [3.05, 3.63) is 48.3 Å². The molecule has 2 atom stereocenters. The number of imidazole rings is 1. The smallest absolute Gasteiger partial charge is 0.315 e. The number of benzene rings is 1. The molecule has 23 heavy (non-hydrogen) atoms. The number of aromatic nitrogens is 2. The van der Waals surface area contributed by atoms with Gasteiger partial charge >= 0.3 is 6.03 Å². The number of ether oxygens (including phenoxy) is 1. The van der Waals surface area contributed by atoms with Crippen molar-refractivity contribution < 1.29 is 13.9 Å². The molecule has 0 saturated heterocycles. The average molecular weight is 320 g/mol. The minimum absolute atomic E-state index is 0.0780. The number of nitrogens with one attached hydrogen (secondary N) is 2. The van der Waals surface area contributed by atoms with Crippen LogP contribution in [0.15, 0.2) is 36.9 Å². The van der Waals surface area contributed by atoms with Gasteiger partial charge in [-0.1, -0.05) is 0 Å². The molecule has 0 aliphatic carbocycles. The predicted molar refractivity (Wildman–Crippen MR) is 84.7 cm³/mol. The quantitative estimate of drug-likeness (QED) is 0.859. The Morgan fingerprint density at radius 3 is 2.83 bits per heavy atom. The van der Waals surface area contributed by atoms with Crippen LogP contribution in [0.4, 0.5) is 9.18 Å². The number of nitrogens with zero attached hydrogens (tertiary/aromatic N) is 2. The van der Waals surface area contributed by atoms with Crippen LogP contribution < -0.4 is 15.4 Å². The maximum atomic E-state index is 13.4. The molecule has 0 aliphatic rings. The molecule has 1 heterocycles. The number of urea groups is 1. The Bertz CT molecular complexity index is 646. The first-order valence-electron chi connectivity index (χ1n) is 7.35. The fourth-order valence-electron chi connectivity index (χ4n) is 2.34. The number of amides is 2. The second-order valence-electron chi connectivity index (χ2n) is 5.39. The Morgan fingerprint density at radius 2 is 2.17 bits per heavy atom. The van der Waals surface area contributed by atoms with Gasteiger partial charge < -0.3 is 19.9 Å². The van der Waals surface area contributed by atoms with Crippen LogP contribution in [0.25, 0.3) is 0 Å². The molecule has 2 amide bonds. The summed E-state index contributed by atoms with van der Waals surface area (Å²) < 4.78 is 20.5. The van der Waals surface area contributed by atoms with Gasteiger partial charge in [0.25, 0.3) is 0 Å². The highest BCUT2D eigenvalue weighted by Gasteiger charge is 2.16.